The number of hydrogen-bond acceptors (Lipinski definition) is 4. The molecule has 0 bridgehead atoms. The summed E-state index contributed by atoms with van der Waals surface area (Å²) < 4.78 is 17.1. The lowest BCUT2D eigenvalue weighted by atomic mass is 10.1. The van der Waals surface area contributed by atoms with Crippen LogP contribution in [-0.2, 0) is 11.3 Å². The maximum atomic E-state index is 12.4. The molecular weight excluding hydrogens is 340 g/mol. The third kappa shape index (κ3) is 6.63. The van der Waals surface area contributed by atoms with Gasteiger partial charge in [-0.25, -0.2) is 4.79 Å². The van der Waals surface area contributed by atoms with Crippen LogP contribution in [0.15, 0.2) is 42.5 Å². The Morgan fingerprint density at radius 2 is 1.81 bits per heavy atom. The van der Waals surface area contributed by atoms with Crippen molar-refractivity contribution in [1.29, 1.82) is 0 Å². The minimum Gasteiger partial charge on any atom is -0.493 e. The van der Waals surface area contributed by atoms with Gasteiger partial charge >= 0.3 is 5.97 Å². The van der Waals surface area contributed by atoms with Crippen molar-refractivity contribution in [2.45, 2.75) is 47.1 Å². The van der Waals surface area contributed by atoms with Gasteiger partial charge in [-0.2, -0.15) is 0 Å². The monoisotopic (exact) mass is 370 g/mol. The van der Waals surface area contributed by atoms with Crippen molar-refractivity contribution >= 4 is 5.97 Å². The second-order valence-electron chi connectivity index (χ2n) is 6.99. The number of aryl methyl sites for hydroxylation is 1. The molecule has 0 heterocycles. The summed E-state index contributed by atoms with van der Waals surface area (Å²) in [5, 5.41) is 0. The predicted molar refractivity (Wildman–Crippen MR) is 107 cm³/mol. The molecule has 0 aliphatic heterocycles. The highest BCUT2D eigenvalue weighted by molar-refractivity contribution is 5.94. The predicted octanol–water partition coefficient (Wildman–Crippen LogP) is 5.57. The highest BCUT2D eigenvalue weighted by atomic mass is 16.5. The van der Waals surface area contributed by atoms with Crippen LogP contribution in [0.5, 0.6) is 11.5 Å². The molecule has 0 spiro atoms. The fourth-order valence-corrected chi connectivity index (χ4v) is 2.80. The number of rotatable bonds is 10. The fraction of sp³-hybridized carbons (Fsp3) is 0.435. The molecule has 4 nitrogen and oxygen atoms in total. The van der Waals surface area contributed by atoms with Crippen molar-refractivity contribution in [3.8, 4) is 11.5 Å². The summed E-state index contributed by atoms with van der Waals surface area (Å²) in [6, 6.07) is 13.6. The fourth-order valence-electron chi connectivity index (χ4n) is 2.80. The third-order valence-corrected chi connectivity index (χ3v) is 4.18. The molecule has 0 saturated carbocycles. The van der Waals surface area contributed by atoms with Crippen molar-refractivity contribution in [3.63, 3.8) is 0 Å². The van der Waals surface area contributed by atoms with Crippen LogP contribution >= 0.6 is 0 Å². The van der Waals surface area contributed by atoms with E-state index in [0.717, 1.165) is 24.0 Å². The Balaban J connectivity index is 2.16. The molecule has 0 aliphatic carbocycles. The summed E-state index contributed by atoms with van der Waals surface area (Å²) in [5.74, 6) is 1.48. The molecule has 0 amide bonds. The van der Waals surface area contributed by atoms with Gasteiger partial charge in [0.2, 0.25) is 0 Å². The lowest BCUT2D eigenvalue weighted by Crippen LogP contribution is -2.11. The van der Waals surface area contributed by atoms with Crippen molar-refractivity contribution in [2.24, 2.45) is 5.92 Å². The minimum atomic E-state index is -0.358. The van der Waals surface area contributed by atoms with Gasteiger partial charge < -0.3 is 14.2 Å². The maximum absolute atomic E-state index is 12.4. The van der Waals surface area contributed by atoms with Crippen LogP contribution in [0.25, 0.3) is 0 Å². The smallest absolute Gasteiger partial charge is 0.342 e. The number of benzene rings is 2. The van der Waals surface area contributed by atoms with E-state index >= 15 is 0 Å². The number of carbonyl (C=O) groups excluding carboxylic acids is 1. The molecule has 2 aromatic carbocycles. The van der Waals surface area contributed by atoms with Crippen molar-refractivity contribution in [2.75, 3.05) is 13.2 Å². The van der Waals surface area contributed by atoms with Crippen molar-refractivity contribution in [1.82, 2.24) is 0 Å². The summed E-state index contributed by atoms with van der Waals surface area (Å²) in [7, 11) is 0. The third-order valence-electron chi connectivity index (χ3n) is 4.18. The second kappa shape index (κ2) is 10.6. The van der Waals surface area contributed by atoms with E-state index in [-0.39, 0.29) is 5.97 Å². The SMILES string of the molecule is CCOC(=O)c1c(C)cc(OCc2ccccc2)cc1OCCCC(C)C. The lowest BCUT2D eigenvalue weighted by molar-refractivity contribution is 0.0520. The van der Waals surface area contributed by atoms with E-state index in [9.17, 15) is 4.79 Å². The quantitative estimate of drug-likeness (QED) is 0.405. The summed E-state index contributed by atoms with van der Waals surface area (Å²) in [5.41, 5.74) is 2.36. The zero-order valence-electron chi connectivity index (χ0n) is 16.8. The molecule has 4 heteroatoms. The van der Waals surface area contributed by atoms with Gasteiger partial charge in [0.05, 0.1) is 13.2 Å². The van der Waals surface area contributed by atoms with Crippen LogP contribution in [0.4, 0.5) is 0 Å². The Kier molecular flexibility index (Phi) is 8.18. The molecule has 27 heavy (non-hydrogen) atoms. The zero-order valence-corrected chi connectivity index (χ0v) is 16.8. The van der Waals surface area contributed by atoms with Crippen molar-refractivity contribution in [3.05, 3.63) is 59.2 Å². The van der Waals surface area contributed by atoms with Crippen LogP contribution in [0.1, 0.15) is 55.1 Å². The number of hydrogen-bond donors (Lipinski definition) is 0. The zero-order chi connectivity index (χ0) is 19.6. The summed E-state index contributed by atoms with van der Waals surface area (Å²) in [6.07, 6.45) is 2.02. The van der Waals surface area contributed by atoms with Crippen LogP contribution < -0.4 is 9.47 Å². The molecule has 0 aromatic heterocycles. The highest BCUT2D eigenvalue weighted by Crippen LogP contribution is 2.30. The topological polar surface area (TPSA) is 44.8 Å². The van der Waals surface area contributed by atoms with Gasteiger partial charge in [0.25, 0.3) is 0 Å². The Bertz CT molecular complexity index is 723. The molecule has 2 aromatic rings. The van der Waals surface area contributed by atoms with E-state index in [1.54, 1.807) is 13.0 Å². The van der Waals surface area contributed by atoms with Gasteiger partial charge in [-0.05, 0) is 49.8 Å². The molecule has 146 valence electrons. The van der Waals surface area contributed by atoms with E-state index in [0.29, 0.717) is 42.8 Å². The molecule has 0 unspecified atom stereocenters. The molecule has 0 saturated heterocycles. The van der Waals surface area contributed by atoms with Gasteiger partial charge in [0.1, 0.15) is 23.7 Å². The molecule has 0 radical (unpaired) electrons. The summed E-state index contributed by atoms with van der Waals surface area (Å²) >= 11 is 0. The Labute approximate surface area is 162 Å². The summed E-state index contributed by atoms with van der Waals surface area (Å²) in [4.78, 5) is 12.4. The first-order valence-electron chi connectivity index (χ1n) is 9.62. The number of esters is 1. The molecule has 0 fully saturated rings. The first-order valence-corrected chi connectivity index (χ1v) is 9.62. The van der Waals surface area contributed by atoms with E-state index in [1.807, 2.05) is 43.3 Å². The largest absolute Gasteiger partial charge is 0.493 e. The first-order chi connectivity index (χ1) is 13.0. The number of ether oxygens (including phenoxy) is 3. The summed E-state index contributed by atoms with van der Waals surface area (Å²) in [6.45, 7) is 9.41. The highest BCUT2D eigenvalue weighted by Gasteiger charge is 2.19. The minimum absolute atomic E-state index is 0.331. The van der Waals surface area contributed by atoms with Gasteiger partial charge in [-0.1, -0.05) is 44.2 Å². The first kappa shape index (κ1) is 20.8. The normalized spacial score (nSPS) is 10.7. The van der Waals surface area contributed by atoms with Gasteiger partial charge in [-0.3, -0.25) is 0 Å². The average Bonchev–Trinajstić information content (AvgIpc) is 2.64. The van der Waals surface area contributed by atoms with Crippen LogP contribution in [0.3, 0.4) is 0 Å². The van der Waals surface area contributed by atoms with Crippen LogP contribution in [0, 0.1) is 12.8 Å². The van der Waals surface area contributed by atoms with Gasteiger partial charge in [0.15, 0.2) is 0 Å². The van der Waals surface area contributed by atoms with Gasteiger partial charge in [0, 0.05) is 6.07 Å². The standard InChI is InChI=1S/C23H30O4/c1-5-25-23(24)22-18(4)14-20(27-16-19-11-7-6-8-12-19)15-21(22)26-13-9-10-17(2)3/h6-8,11-12,14-15,17H,5,9-10,13,16H2,1-4H3. The Hall–Kier alpha value is -2.49. The van der Waals surface area contributed by atoms with Crippen LogP contribution in [0.2, 0.25) is 0 Å². The molecule has 0 atom stereocenters. The van der Waals surface area contributed by atoms with E-state index in [4.69, 9.17) is 14.2 Å². The van der Waals surface area contributed by atoms with Gasteiger partial charge in [-0.15, -0.1) is 0 Å². The van der Waals surface area contributed by atoms with E-state index in [2.05, 4.69) is 13.8 Å². The Morgan fingerprint density at radius 3 is 2.48 bits per heavy atom. The Morgan fingerprint density at radius 1 is 1.07 bits per heavy atom. The molecule has 0 N–H and O–H groups in total. The van der Waals surface area contributed by atoms with E-state index < -0.39 is 0 Å². The second-order valence-corrected chi connectivity index (χ2v) is 6.99. The maximum Gasteiger partial charge on any atom is 0.342 e. The lowest BCUT2D eigenvalue weighted by Gasteiger charge is -2.16. The molecule has 0 aliphatic rings. The molecular formula is C23H30O4. The molecule has 2 rings (SSSR count). The number of carbonyl (C=O) groups is 1. The van der Waals surface area contributed by atoms with E-state index in [1.165, 1.54) is 0 Å². The average molecular weight is 370 g/mol. The van der Waals surface area contributed by atoms with Crippen molar-refractivity contribution < 1.29 is 19.0 Å². The van der Waals surface area contributed by atoms with Crippen LogP contribution in [-0.4, -0.2) is 19.2 Å².